The average Bonchev–Trinajstić information content (AvgIpc) is 2.48. The molecule has 0 aliphatic rings. The summed E-state index contributed by atoms with van der Waals surface area (Å²) in [6.07, 6.45) is 1.66. The summed E-state index contributed by atoms with van der Waals surface area (Å²) >= 11 is 0. The molecule has 0 spiro atoms. The Kier molecular flexibility index (Phi) is 4.55. The summed E-state index contributed by atoms with van der Waals surface area (Å²) in [7, 11) is 1.67. The fourth-order valence-corrected chi connectivity index (χ4v) is 1.87. The summed E-state index contributed by atoms with van der Waals surface area (Å²) in [5, 5.41) is 0. The second-order valence-electron chi connectivity index (χ2n) is 4.10. The van der Waals surface area contributed by atoms with Gasteiger partial charge in [-0.1, -0.05) is 54.3 Å². The third-order valence-corrected chi connectivity index (χ3v) is 2.85. The van der Waals surface area contributed by atoms with Crippen molar-refractivity contribution in [3.63, 3.8) is 0 Å². The molecule has 0 aromatic heterocycles. The van der Waals surface area contributed by atoms with Gasteiger partial charge in [0, 0.05) is 23.8 Å². The van der Waals surface area contributed by atoms with E-state index >= 15 is 0 Å². The van der Waals surface area contributed by atoms with Gasteiger partial charge in [-0.25, -0.2) is 0 Å². The SMILES string of the molecule is C=CC(OC)c1ccccc1C#Cc1ccccc1. The lowest BCUT2D eigenvalue weighted by Crippen LogP contribution is -2.00. The molecule has 2 aromatic carbocycles. The molecule has 0 radical (unpaired) electrons. The summed E-state index contributed by atoms with van der Waals surface area (Å²) < 4.78 is 5.39. The van der Waals surface area contributed by atoms with Gasteiger partial charge < -0.3 is 4.74 Å². The summed E-state index contributed by atoms with van der Waals surface area (Å²) in [5.41, 5.74) is 3.02. The van der Waals surface area contributed by atoms with Gasteiger partial charge in [0.25, 0.3) is 0 Å². The highest BCUT2D eigenvalue weighted by Gasteiger charge is 2.08. The zero-order valence-electron chi connectivity index (χ0n) is 11.0. The minimum atomic E-state index is -0.124. The molecule has 2 aromatic rings. The zero-order chi connectivity index (χ0) is 13.5. The lowest BCUT2D eigenvalue weighted by molar-refractivity contribution is 0.143. The van der Waals surface area contributed by atoms with Crippen molar-refractivity contribution in [2.24, 2.45) is 0 Å². The van der Waals surface area contributed by atoms with Crippen LogP contribution < -0.4 is 0 Å². The van der Waals surface area contributed by atoms with Gasteiger partial charge in [0.1, 0.15) is 6.10 Å². The van der Waals surface area contributed by atoms with E-state index in [1.165, 1.54) is 0 Å². The first-order valence-electron chi connectivity index (χ1n) is 6.16. The molecule has 2 rings (SSSR count). The molecule has 0 N–H and O–H groups in total. The second kappa shape index (κ2) is 6.58. The van der Waals surface area contributed by atoms with Gasteiger partial charge >= 0.3 is 0 Å². The highest BCUT2D eigenvalue weighted by molar-refractivity contribution is 5.47. The first-order chi connectivity index (χ1) is 9.35. The Labute approximate surface area is 114 Å². The second-order valence-corrected chi connectivity index (χ2v) is 4.10. The zero-order valence-corrected chi connectivity index (χ0v) is 11.0. The van der Waals surface area contributed by atoms with Crippen molar-refractivity contribution >= 4 is 0 Å². The van der Waals surface area contributed by atoms with Crippen LogP contribution in [0.4, 0.5) is 0 Å². The molecule has 94 valence electrons. The normalized spacial score (nSPS) is 11.2. The molecule has 0 bridgehead atoms. The summed E-state index contributed by atoms with van der Waals surface area (Å²) in [6.45, 7) is 3.79. The summed E-state index contributed by atoms with van der Waals surface area (Å²) in [6, 6.07) is 17.9. The lowest BCUT2D eigenvalue weighted by atomic mass is 10.0. The molecule has 0 aliphatic heterocycles. The highest BCUT2D eigenvalue weighted by Crippen LogP contribution is 2.21. The predicted molar refractivity (Wildman–Crippen MR) is 78.8 cm³/mol. The Bertz CT molecular complexity index is 602. The van der Waals surface area contributed by atoms with Crippen LogP contribution in [0.25, 0.3) is 0 Å². The van der Waals surface area contributed by atoms with E-state index in [0.717, 1.165) is 16.7 Å². The number of hydrogen-bond acceptors (Lipinski definition) is 1. The molecule has 19 heavy (non-hydrogen) atoms. The topological polar surface area (TPSA) is 9.23 Å². The quantitative estimate of drug-likeness (QED) is 0.590. The van der Waals surface area contributed by atoms with E-state index in [2.05, 4.69) is 18.4 Å². The van der Waals surface area contributed by atoms with Gasteiger partial charge in [0.2, 0.25) is 0 Å². The van der Waals surface area contributed by atoms with Gasteiger partial charge in [0.05, 0.1) is 0 Å². The van der Waals surface area contributed by atoms with Crippen LogP contribution in [0.2, 0.25) is 0 Å². The van der Waals surface area contributed by atoms with Gasteiger partial charge in [-0.05, 0) is 18.2 Å². The van der Waals surface area contributed by atoms with Crippen LogP contribution in [0.5, 0.6) is 0 Å². The molecule has 0 fully saturated rings. The molecule has 1 unspecified atom stereocenters. The van der Waals surface area contributed by atoms with E-state index in [4.69, 9.17) is 4.74 Å². The van der Waals surface area contributed by atoms with Crippen LogP contribution in [0.15, 0.2) is 67.3 Å². The fourth-order valence-electron chi connectivity index (χ4n) is 1.87. The minimum absolute atomic E-state index is 0.124. The maximum atomic E-state index is 5.39. The van der Waals surface area contributed by atoms with Gasteiger partial charge in [-0.2, -0.15) is 0 Å². The maximum Gasteiger partial charge on any atom is 0.101 e. The number of benzene rings is 2. The Morgan fingerprint density at radius 1 is 1.00 bits per heavy atom. The van der Waals surface area contributed by atoms with Crippen molar-refractivity contribution in [2.75, 3.05) is 7.11 Å². The van der Waals surface area contributed by atoms with Crippen LogP contribution in [0.3, 0.4) is 0 Å². The number of ether oxygens (including phenoxy) is 1. The number of methoxy groups -OCH3 is 1. The monoisotopic (exact) mass is 248 g/mol. The molecule has 1 nitrogen and oxygen atoms in total. The van der Waals surface area contributed by atoms with Crippen molar-refractivity contribution in [3.8, 4) is 11.8 Å². The lowest BCUT2D eigenvalue weighted by Gasteiger charge is -2.12. The molecule has 0 aliphatic carbocycles. The smallest absolute Gasteiger partial charge is 0.101 e. The van der Waals surface area contributed by atoms with E-state index in [9.17, 15) is 0 Å². The van der Waals surface area contributed by atoms with Gasteiger partial charge in [-0.3, -0.25) is 0 Å². The third kappa shape index (κ3) is 3.34. The van der Waals surface area contributed by atoms with E-state index in [0.29, 0.717) is 0 Å². The maximum absolute atomic E-state index is 5.39. The van der Waals surface area contributed by atoms with Gasteiger partial charge in [-0.15, -0.1) is 6.58 Å². The average molecular weight is 248 g/mol. The first kappa shape index (κ1) is 13.1. The van der Waals surface area contributed by atoms with Crippen molar-refractivity contribution in [1.29, 1.82) is 0 Å². The van der Waals surface area contributed by atoms with Crippen LogP contribution in [0, 0.1) is 11.8 Å². The van der Waals surface area contributed by atoms with Gasteiger partial charge in [0.15, 0.2) is 0 Å². The molecule has 0 saturated heterocycles. The summed E-state index contributed by atoms with van der Waals surface area (Å²) in [5.74, 6) is 6.37. The fraction of sp³-hybridized carbons (Fsp3) is 0.111. The van der Waals surface area contributed by atoms with E-state index in [1.54, 1.807) is 13.2 Å². The third-order valence-electron chi connectivity index (χ3n) is 2.85. The number of rotatable bonds is 3. The van der Waals surface area contributed by atoms with Crippen molar-refractivity contribution in [3.05, 3.63) is 83.9 Å². The molecule has 1 heteroatoms. The molecule has 1 atom stereocenters. The Hall–Kier alpha value is -2.30. The molecule has 0 heterocycles. The van der Waals surface area contributed by atoms with Crippen LogP contribution in [-0.2, 0) is 4.74 Å². The Morgan fingerprint density at radius 3 is 2.37 bits per heavy atom. The van der Waals surface area contributed by atoms with E-state index < -0.39 is 0 Å². The molecule has 0 saturated carbocycles. The Morgan fingerprint density at radius 2 is 1.68 bits per heavy atom. The van der Waals surface area contributed by atoms with Crippen molar-refractivity contribution in [2.45, 2.75) is 6.10 Å². The molecule has 0 amide bonds. The molecular formula is C18H16O. The standard InChI is InChI=1S/C18H16O/c1-3-18(19-2)17-12-8-7-11-16(17)14-13-15-9-5-4-6-10-15/h3-12,18H,1H2,2H3. The van der Waals surface area contributed by atoms with Crippen LogP contribution in [-0.4, -0.2) is 7.11 Å². The first-order valence-corrected chi connectivity index (χ1v) is 6.16. The molecular weight excluding hydrogens is 232 g/mol. The largest absolute Gasteiger partial charge is 0.373 e. The predicted octanol–water partition coefficient (Wildman–Crippen LogP) is 3.96. The van der Waals surface area contributed by atoms with E-state index in [-0.39, 0.29) is 6.10 Å². The number of hydrogen-bond donors (Lipinski definition) is 0. The summed E-state index contributed by atoms with van der Waals surface area (Å²) in [4.78, 5) is 0. The van der Waals surface area contributed by atoms with Crippen molar-refractivity contribution in [1.82, 2.24) is 0 Å². The highest BCUT2D eigenvalue weighted by atomic mass is 16.5. The van der Waals surface area contributed by atoms with E-state index in [1.807, 2.05) is 54.6 Å². The van der Waals surface area contributed by atoms with Crippen LogP contribution >= 0.6 is 0 Å². The van der Waals surface area contributed by atoms with Crippen LogP contribution in [0.1, 0.15) is 22.8 Å². The van der Waals surface area contributed by atoms with Crippen molar-refractivity contribution < 1.29 is 4.74 Å². The Balaban J connectivity index is 2.36. The minimum Gasteiger partial charge on any atom is -0.373 e.